The smallest absolute Gasteiger partial charge is 0.410 e. The molecule has 0 aromatic carbocycles. The molecule has 1 N–H and O–H groups in total. The molecule has 1 atom stereocenters. The van der Waals surface area contributed by atoms with Crippen LogP contribution in [-0.2, 0) is 16.0 Å². The van der Waals surface area contributed by atoms with Gasteiger partial charge in [-0.1, -0.05) is 0 Å². The predicted octanol–water partition coefficient (Wildman–Crippen LogP) is 1.20. The van der Waals surface area contributed by atoms with Crippen LogP contribution in [0.15, 0.2) is 18.6 Å². The van der Waals surface area contributed by atoms with E-state index in [0.29, 0.717) is 32.8 Å². The van der Waals surface area contributed by atoms with E-state index in [1.54, 1.807) is 11.1 Å². The van der Waals surface area contributed by atoms with E-state index in [4.69, 9.17) is 9.47 Å². The van der Waals surface area contributed by atoms with Crippen LogP contribution in [0.25, 0.3) is 0 Å². The maximum atomic E-state index is 12.3. The minimum absolute atomic E-state index is 0.0366. The van der Waals surface area contributed by atoms with E-state index >= 15 is 0 Å². The van der Waals surface area contributed by atoms with Crippen LogP contribution in [0.3, 0.4) is 0 Å². The van der Waals surface area contributed by atoms with E-state index in [2.05, 4.69) is 15.3 Å². The Hall–Kier alpha value is -1.73. The Morgan fingerprint density at radius 1 is 1.55 bits per heavy atom. The second-order valence-electron chi connectivity index (χ2n) is 6.23. The van der Waals surface area contributed by atoms with Gasteiger partial charge >= 0.3 is 6.09 Å². The summed E-state index contributed by atoms with van der Waals surface area (Å²) >= 11 is 0. The van der Waals surface area contributed by atoms with Crippen molar-refractivity contribution in [3.05, 3.63) is 24.3 Å². The lowest BCUT2D eigenvalue weighted by atomic mass is 10.2. The first-order chi connectivity index (χ1) is 10.5. The van der Waals surface area contributed by atoms with Crippen LogP contribution in [0.1, 0.15) is 26.5 Å². The second-order valence-corrected chi connectivity index (χ2v) is 6.23. The van der Waals surface area contributed by atoms with Crippen molar-refractivity contribution in [3.8, 4) is 0 Å². The second kappa shape index (κ2) is 7.51. The van der Waals surface area contributed by atoms with Gasteiger partial charge in [0.2, 0.25) is 0 Å². The Morgan fingerprint density at radius 3 is 3.05 bits per heavy atom. The third-order valence-electron chi connectivity index (χ3n) is 3.18. The fraction of sp³-hybridized carbons (Fsp3) is 0.667. The molecule has 7 nitrogen and oxygen atoms in total. The number of rotatable bonds is 4. The first-order valence-corrected chi connectivity index (χ1v) is 7.49. The average Bonchev–Trinajstić information content (AvgIpc) is 2.47. The summed E-state index contributed by atoms with van der Waals surface area (Å²) in [6.07, 6.45) is 2.94. The molecule has 0 aliphatic carbocycles. The Bertz CT molecular complexity index is 475. The zero-order chi connectivity index (χ0) is 16.0. The van der Waals surface area contributed by atoms with E-state index in [9.17, 15) is 4.79 Å². The van der Waals surface area contributed by atoms with Gasteiger partial charge in [0.05, 0.1) is 24.9 Å². The quantitative estimate of drug-likeness (QED) is 0.901. The number of carbonyl (C=O) groups is 1. The third-order valence-corrected chi connectivity index (χ3v) is 3.18. The van der Waals surface area contributed by atoms with Gasteiger partial charge in [-0.15, -0.1) is 0 Å². The molecule has 2 rings (SSSR count). The number of nitrogens with zero attached hydrogens (tertiary/aromatic N) is 3. The lowest BCUT2D eigenvalue weighted by molar-refractivity contribution is -0.0317. The molecule has 0 saturated carbocycles. The van der Waals surface area contributed by atoms with Crippen LogP contribution in [-0.4, -0.2) is 58.9 Å². The largest absolute Gasteiger partial charge is 0.444 e. The normalized spacial score (nSPS) is 19.0. The zero-order valence-electron chi connectivity index (χ0n) is 13.4. The van der Waals surface area contributed by atoms with E-state index < -0.39 is 5.60 Å². The summed E-state index contributed by atoms with van der Waals surface area (Å²) in [4.78, 5) is 22.0. The average molecular weight is 308 g/mol. The summed E-state index contributed by atoms with van der Waals surface area (Å²) in [6, 6.07) is 1.82. The lowest BCUT2D eigenvalue weighted by Gasteiger charge is -2.36. The molecule has 0 bridgehead atoms. The molecule has 1 fully saturated rings. The lowest BCUT2D eigenvalue weighted by Crippen LogP contribution is -2.54. The van der Waals surface area contributed by atoms with Crippen molar-refractivity contribution in [3.63, 3.8) is 0 Å². The topological polar surface area (TPSA) is 76.6 Å². The number of hydrogen-bond acceptors (Lipinski definition) is 6. The first kappa shape index (κ1) is 16.6. The number of aromatic nitrogens is 2. The molecule has 1 aliphatic heterocycles. The number of hydrogen-bond donors (Lipinski definition) is 1. The van der Waals surface area contributed by atoms with Gasteiger partial charge in [0.15, 0.2) is 0 Å². The summed E-state index contributed by atoms with van der Waals surface area (Å²) in [6.45, 7) is 8.46. The van der Waals surface area contributed by atoms with Gasteiger partial charge in [0.25, 0.3) is 0 Å². The minimum atomic E-state index is -0.492. The molecular formula is C15H24N4O3. The SMILES string of the molecule is CC(C)(C)OC(=O)N1CCOCC1CNCc1ccncn1. The maximum absolute atomic E-state index is 12.3. The Labute approximate surface area is 131 Å². The van der Waals surface area contributed by atoms with Crippen molar-refractivity contribution >= 4 is 6.09 Å². The number of ether oxygens (including phenoxy) is 2. The third kappa shape index (κ3) is 5.23. The van der Waals surface area contributed by atoms with Crippen LogP contribution in [0, 0.1) is 0 Å². The fourth-order valence-corrected chi connectivity index (χ4v) is 2.17. The molecule has 7 heteroatoms. The molecule has 1 aliphatic rings. The number of morpholine rings is 1. The predicted molar refractivity (Wildman–Crippen MR) is 81.3 cm³/mol. The van der Waals surface area contributed by atoms with Crippen LogP contribution < -0.4 is 5.32 Å². The monoisotopic (exact) mass is 308 g/mol. The number of amides is 1. The highest BCUT2D eigenvalue weighted by molar-refractivity contribution is 5.68. The first-order valence-electron chi connectivity index (χ1n) is 7.49. The Kier molecular flexibility index (Phi) is 5.68. The molecule has 0 spiro atoms. The maximum Gasteiger partial charge on any atom is 0.410 e. The zero-order valence-corrected chi connectivity index (χ0v) is 13.4. The molecule has 1 saturated heterocycles. The summed E-state index contributed by atoms with van der Waals surface area (Å²) < 4.78 is 10.9. The fourth-order valence-electron chi connectivity index (χ4n) is 2.17. The van der Waals surface area contributed by atoms with E-state index in [0.717, 1.165) is 5.69 Å². The van der Waals surface area contributed by atoms with E-state index in [1.807, 2.05) is 26.8 Å². The van der Waals surface area contributed by atoms with E-state index in [1.165, 1.54) is 6.33 Å². The highest BCUT2D eigenvalue weighted by Gasteiger charge is 2.30. The highest BCUT2D eigenvalue weighted by Crippen LogP contribution is 2.14. The molecule has 122 valence electrons. The molecule has 1 amide bonds. The summed E-state index contributed by atoms with van der Waals surface area (Å²) in [5.74, 6) is 0. The van der Waals surface area contributed by atoms with Gasteiger partial charge < -0.3 is 14.8 Å². The summed E-state index contributed by atoms with van der Waals surface area (Å²) in [5.41, 5.74) is 0.421. The van der Waals surface area contributed by atoms with Crippen LogP contribution >= 0.6 is 0 Å². The minimum Gasteiger partial charge on any atom is -0.444 e. The van der Waals surface area contributed by atoms with Crippen molar-refractivity contribution in [1.82, 2.24) is 20.2 Å². The van der Waals surface area contributed by atoms with Crippen LogP contribution in [0.2, 0.25) is 0 Å². The number of nitrogens with one attached hydrogen (secondary N) is 1. The van der Waals surface area contributed by atoms with Gasteiger partial charge in [0, 0.05) is 25.8 Å². The van der Waals surface area contributed by atoms with Gasteiger partial charge in [-0.25, -0.2) is 14.8 Å². The van der Waals surface area contributed by atoms with Gasteiger partial charge in [0.1, 0.15) is 11.9 Å². The molecule has 0 radical (unpaired) electrons. The summed E-state index contributed by atoms with van der Waals surface area (Å²) in [7, 11) is 0. The van der Waals surface area contributed by atoms with E-state index in [-0.39, 0.29) is 12.1 Å². The van der Waals surface area contributed by atoms with Crippen molar-refractivity contribution in [2.45, 2.75) is 39.0 Å². The molecule has 1 unspecified atom stereocenters. The summed E-state index contributed by atoms with van der Waals surface area (Å²) in [5, 5.41) is 3.30. The number of carbonyl (C=O) groups excluding carboxylic acids is 1. The highest BCUT2D eigenvalue weighted by atomic mass is 16.6. The molecule has 1 aromatic rings. The van der Waals surface area contributed by atoms with Crippen molar-refractivity contribution in [2.75, 3.05) is 26.3 Å². The van der Waals surface area contributed by atoms with Crippen molar-refractivity contribution in [1.29, 1.82) is 0 Å². The molecular weight excluding hydrogens is 284 g/mol. The standard InChI is InChI=1S/C15H24N4O3/c1-15(2,3)22-14(20)19-6-7-21-10-13(19)9-17-8-12-4-5-16-11-18-12/h4-5,11,13,17H,6-10H2,1-3H3. The van der Waals surface area contributed by atoms with Gasteiger partial charge in [-0.2, -0.15) is 0 Å². The Balaban J connectivity index is 1.85. The Morgan fingerprint density at radius 2 is 2.36 bits per heavy atom. The van der Waals surface area contributed by atoms with Crippen LogP contribution in [0.4, 0.5) is 4.79 Å². The van der Waals surface area contributed by atoms with Crippen molar-refractivity contribution in [2.24, 2.45) is 0 Å². The van der Waals surface area contributed by atoms with Crippen molar-refractivity contribution < 1.29 is 14.3 Å². The van der Waals surface area contributed by atoms with Gasteiger partial charge in [-0.3, -0.25) is 4.90 Å². The van der Waals surface area contributed by atoms with Gasteiger partial charge in [-0.05, 0) is 26.8 Å². The molecule has 22 heavy (non-hydrogen) atoms. The van der Waals surface area contributed by atoms with Crippen LogP contribution in [0.5, 0.6) is 0 Å². The molecule has 1 aromatic heterocycles. The molecule has 2 heterocycles.